The minimum atomic E-state index is -0.333. The lowest BCUT2D eigenvalue weighted by atomic mass is 9.98. The number of hydrogen-bond donors (Lipinski definition) is 0. The fourth-order valence-electron chi connectivity index (χ4n) is 4.39. The molecule has 0 bridgehead atoms. The normalized spacial score (nSPS) is 14.5. The first-order chi connectivity index (χ1) is 19.0. The van der Waals surface area contributed by atoms with E-state index < -0.39 is 0 Å². The lowest BCUT2D eigenvalue weighted by Crippen LogP contribution is -2.42. The van der Waals surface area contributed by atoms with Crippen molar-refractivity contribution in [1.29, 1.82) is 0 Å². The highest BCUT2D eigenvalue weighted by molar-refractivity contribution is 6.04. The van der Waals surface area contributed by atoms with Crippen LogP contribution in [-0.2, 0) is 9.53 Å². The van der Waals surface area contributed by atoms with E-state index in [1.54, 1.807) is 52.7 Å². The Morgan fingerprint density at radius 3 is 1.90 bits per heavy atom. The van der Waals surface area contributed by atoms with Crippen molar-refractivity contribution in [2.24, 2.45) is 5.10 Å². The maximum atomic E-state index is 13.8. The van der Waals surface area contributed by atoms with Crippen molar-refractivity contribution in [3.8, 4) is 17.2 Å². The Hall–Kier alpha value is -4.37. The predicted molar refractivity (Wildman–Crippen MR) is 148 cm³/mol. The van der Waals surface area contributed by atoms with Gasteiger partial charge in [-0.15, -0.1) is 0 Å². The number of methoxy groups -OCH3 is 4. The van der Waals surface area contributed by atoms with Gasteiger partial charge in [0.25, 0.3) is 11.8 Å². The van der Waals surface area contributed by atoms with Crippen LogP contribution in [0.15, 0.2) is 77.9 Å². The molecule has 9 nitrogen and oxygen atoms in total. The summed E-state index contributed by atoms with van der Waals surface area (Å²) in [7, 11) is 6.35. The Labute approximate surface area is 228 Å². The zero-order valence-corrected chi connectivity index (χ0v) is 22.6. The molecule has 1 aliphatic heterocycles. The van der Waals surface area contributed by atoms with Gasteiger partial charge in [0.2, 0.25) is 0 Å². The van der Waals surface area contributed by atoms with Crippen LogP contribution in [0.5, 0.6) is 17.2 Å². The summed E-state index contributed by atoms with van der Waals surface area (Å²) in [5, 5.41) is 6.23. The maximum absolute atomic E-state index is 13.8. The number of benzene rings is 3. The van der Waals surface area contributed by atoms with E-state index in [2.05, 4.69) is 0 Å². The number of hydrazone groups is 1. The summed E-state index contributed by atoms with van der Waals surface area (Å²) >= 11 is 0. The van der Waals surface area contributed by atoms with Gasteiger partial charge in [-0.25, -0.2) is 5.01 Å². The molecule has 1 aliphatic rings. The fourth-order valence-corrected chi connectivity index (χ4v) is 4.39. The van der Waals surface area contributed by atoms with Gasteiger partial charge >= 0.3 is 0 Å². The van der Waals surface area contributed by atoms with E-state index >= 15 is 0 Å². The van der Waals surface area contributed by atoms with Crippen molar-refractivity contribution < 1.29 is 28.5 Å². The maximum Gasteiger partial charge on any atom is 0.262 e. The van der Waals surface area contributed by atoms with Crippen LogP contribution in [0.2, 0.25) is 0 Å². The third-order valence-electron chi connectivity index (χ3n) is 6.61. The third-order valence-corrected chi connectivity index (χ3v) is 6.61. The highest BCUT2D eigenvalue weighted by Crippen LogP contribution is 2.34. The Kier molecular flexibility index (Phi) is 9.17. The molecule has 3 aromatic carbocycles. The summed E-state index contributed by atoms with van der Waals surface area (Å²) in [4.78, 5) is 28.6. The predicted octanol–water partition coefficient (Wildman–Crippen LogP) is 4.18. The summed E-state index contributed by atoms with van der Waals surface area (Å²) in [5.74, 6) is 1.54. The third kappa shape index (κ3) is 6.56. The highest BCUT2D eigenvalue weighted by Gasteiger charge is 2.34. The van der Waals surface area contributed by atoms with Gasteiger partial charge in [-0.2, -0.15) is 5.10 Å². The molecule has 0 aromatic heterocycles. The van der Waals surface area contributed by atoms with Gasteiger partial charge in [-0.05, 0) is 71.8 Å². The van der Waals surface area contributed by atoms with Crippen molar-refractivity contribution in [2.45, 2.75) is 12.5 Å². The molecule has 9 heteroatoms. The molecule has 0 unspecified atom stereocenters. The Morgan fingerprint density at radius 2 is 1.36 bits per heavy atom. The average molecular weight is 532 g/mol. The van der Waals surface area contributed by atoms with Crippen LogP contribution in [0.3, 0.4) is 0 Å². The Morgan fingerprint density at radius 1 is 0.821 bits per heavy atom. The molecular weight excluding hydrogens is 498 g/mol. The lowest BCUT2D eigenvalue weighted by Gasteiger charge is -2.27. The van der Waals surface area contributed by atoms with Crippen molar-refractivity contribution >= 4 is 17.5 Å². The topological polar surface area (TPSA) is 89.9 Å². The zero-order valence-electron chi connectivity index (χ0n) is 22.6. The second kappa shape index (κ2) is 12.9. The molecule has 4 rings (SSSR count). The number of carbonyl (C=O) groups excluding carboxylic acids is 2. The van der Waals surface area contributed by atoms with Crippen molar-refractivity contribution in [3.05, 3.63) is 89.5 Å². The largest absolute Gasteiger partial charge is 0.497 e. The average Bonchev–Trinajstić information content (AvgIpc) is 3.44. The molecule has 0 saturated carbocycles. The minimum absolute atomic E-state index is 0.153. The number of amides is 2. The van der Waals surface area contributed by atoms with E-state index in [1.165, 1.54) is 9.91 Å². The molecule has 0 radical (unpaired) electrons. The second-order valence-corrected chi connectivity index (χ2v) is 8.95. The van der Waals surface area contributed by atoms with Crippen LogP contribution in [0, 0.1) is 0 Å². The molecular formula is C30H33N3O6. The molecule has 0 fully saturated rings. The molecule has 0 spiro atoms. The number of hydrogen-bond acceptors (Lipinski definition) is 7. The zero-order chi connectivity index (χ0) is 27.8. The van der Waals surface area contributed by atoms with Gasteiger partial charge in [0.1, 0.15) is 23.8 Å². The van der Waals surface area contributed by atoms with E-state index in [0.717, 1.165) is 28.3 Å². The van der Waals surface area contributed by atoms with Crippen LogP contribution in [0.25, 0.3) is 0 Å². The number of rotatable bonds is 11. The first-order valence-corrected chi connectivity index (χ1v) is 12.6. The molecule has 0 N–H and O–H groups in total. The summed E-state index contributed by atoms with van der Waals surface area (Å²) in [6, 6.07) is 21.6. The molecule has 204 valence electrons. The summed E-state index contributed by atoms with van der Waals surface area (Å²) in [5.41, 5.74) is 3.04. The van der Waals surface area contributed by atoms with Crippen LogP contribution in [-0.4, -0.2) is 75.6 Å². The van der Waals surface area contributed by atoms with Crippen molar-refractivity contribution in [3.63, 3.8) is 0 Å². The second-order valence-electron chi connectivity index (χ2n) is 8.95. The van der Waals surface area contributed by atoms with Crippen LogP contribution >= 0.6 is 0 Å². The fraction of sp³-hybridized carbons (Fsp3) is 0.300. The molecule has 2 amide bonds. The molecule has 3 aromatic rings. The van der Waals surface area contributed by atoms with E-state index in [9.17, 15) is 9.59 Å². The smallest absolute Gasteiger partial charge is 0.262 e. The van der Waals surface area contributed by atoms with Gasteiger partial charge in [0, 0.05) is 25.6 Å². The van der Waals surface area contributed by atoms with Gasteiger partial charge < -0.3 is 23.8 Å². The van der Waals surface area contributed by atoms with E-state index in [1.807, 2.05) is 48.5 Å². The minimum Gasteiger partial charge on any atom is -0.497 e. The van der Waals surface area contributed by atoms with E-state index in [-0.39, 0.29) is 37.6 Å². The molecule has 1 heterocycles. The highest BCUT2D eigenvalue weighted by atomic mass is 16.5. The number of carbonyl (C=O) groups is 2. The van der Waals surface area contributed by atoms with E-state index in [0.29, 0.717) is 17.7 Å². The van der Waals surface area contributed by atoms with Crippen LogP contribution in [0.4, 0.5) is 0 Å². The Balaban J connectivity index is 1.61. The van der Waals surface area contributed by atoms with Crippen LogP contribution < -0.4 is 14.2 Å². The monoisotopic (exact) mass is 531 g/mol. The SMILES string of the molecule is COCCN(CC(=O)N1N=C(c2ccc(OC)cc2)C[C@H]1c1ccc(OC)cc1)C(=O)c1ccc(OC)cc1. The van der Waals surface area contributed by atoms with Crippen LogP contribution in [0.1, 0.15) is 33.9 Å². The molecule has 0 aliphatic carbocycles. The first-order valence-electron chi connectivity index (χ1n) is 12.6. The quantitative estimate of drug-likeness (QED) is 0.369. The molecule has 39 heavy (non-hydrogen) atoms. The summed E-state index contributed by atoms with van der Waals surface area (Å²) in [6.45, 7) is 0.390. The van der Waals surface area contributed by atoms with Gasteiger partial charge in [0.05, 0.1) is 39.7 Å². The molecule has 1 atom stereocenters. The van der Waals surface area contributed by atoms with Crippen molar-refractivity contribution in [2.75, 3.05) is 48.1 Å². The Bertz CT molecular complexity index is 1290. The van der Waals surface area contributed by atoms with Crippen molar-refractivity contribution in [1.82, 2.24) is 9.91 Å². The van der Waals surface area contributed by atoms with Gasteiger partial charge in [0.15, 0.2) is 0 Å². The summed E-state index contributed by atoms with van der Waals surface area (Å²) < 4.78 is 21.0. The van der Waals surface area contributed by atoms with Gasteiger partial charge in [-0.1, -0.05) is 12.1 Å². The number of nitrogens with zero attached hydrogens (tertiary/aromatic N) is 3. The lowest BCUT2D eigenvalue weighted by molar-refractivity contribution is -0.133. The molecule has 0 saturated heterocycles. The first kappa shape index (κ1) is 27.7. The summed E-state index contributed by atoms with van der Waals surface area (Å²) in [6.07, 6.45) is 0.523. The standard InChI is InChI=1S/C30H33N3O6/c1-36-18-17-32(30(35)23-9-15-26(39-4)16-10-23)20-29(34)33-28(22-7-13-25(38-3)14-8-22)19-27(31-33)21-5-11-24(37-2)12-6-21/h5-16,28H,17-20H2,1-4H3/t28-/m0/s1. The number of ether oxygens (including phenoxy) is 4. The van der Waals surface area contributed by atoms with E-state index in [4.69, 9.17) is 24.0 Å². The van der Waals surface area contributed by atoms with Gasteiger partial charge in [-0.3, -0.25) is 9.59 Å².